The Bertz CT molecular complexity index is 964. The van der Waals surface area contributed by atoms with E-state index in [1.807, 2.05) is 39.0 Å². The minimum atomic E-state index is -0.264. The van der Waals surface area contributed by atoms with Crippen LogP contribution in [-0.2, 0) is 0 Å². The molecule has 0 aliphatic rings. The molecule has 6 nitrogen and oxygen atoms in total. The number of methoxy groups -OCH3 is 1. The van der Waals surface area contributed by atoms with Gasteiger partial charge in [0.25, 0.3) is 5.91 Å². The van der Waals surface area contributed by atoms with Gasteiger partial charge in [-0.15, -0.1) is 0 Å². The van der Waals surface area contributed by atoms with Crippen molar-refractivity contribution in [1.82, 2.24) is 14.8 Å². The van der Waals surface area contributed by atoms with Gasteiger partial charge in [-0.2, -0.15) is 5.10 Å². The third kappa shape index (κ3) is 3.41. The van der Waals surface area contributed by atoms with Crippen molar-refractivity contribution in [2.75, 3.05) is 12.4 Å². The normalized spacial score (nSPS) is 10.7. The minimum absolute atomic E-state index is 0.264. The molecule has 0 unspecified atom stereocenters. The first-order valence-electron chi connectivity index (χ1n) is 8.06. The van der Waals surface area contributed by atoms with Crippen LogP contribution in [0, 0.1) is 20.8 Å². The smallest absolute Gasteiger partial charge is 0.256 e. The van der Waals surface area contributed by atoms with Crippen molar-refractivity contribution in [2.45, 2.75) is 20.8 Å². The zero-order valence-corrected chi connectivity index (χ0v) is 15.8. The number of hydrogen-bond acceptors (Lipinski definition) is 4. The molecule has 3 aromatic rings. The Morgan fingerprint density at radius 3 is 2.38 bits per heavy atom. The van der Waals surface area contributed by atoms with Crippen LogP contribution in [0.2, 0.25) is 5.02 Å². The third-order valence-electron chi connectivity index (χ3n) is 4.03. The monoisotopic (exact) mass is 370 g/mol. The number of anilines is 1. The topological polar surface area (TPSA) is 69.0 Å². The maximum atomic E-state index is 12.5. The molecule has 0 bridgehead atoms. The second kappa shape index (κ2) is 7.17. The second-order valence-corrected chi connectivity index (χ2v) is 6.28. The van der Waals surface area contributed by atoms with Crippen molar-refractivity contribution in [3.8, 4) is 11.4 Å². The van der Waals surface area contributed by atoms with E-state index in [0.29, 0.717) is 22.2 Å². The Hall–Kier alpha value is -2.86. The van der Waals surface area contributed by atoms with Crippen LogP contribution in [-0.4, -0.2) is 27.8 Å². The quantitative estimate of drug-likeness (QED) is 0.750. The van der Waals surface area contributed by atoms with E-state index in [4.69, 9.17) is 16.3 Å². The van der Waals surface area contributed by atoms with Crippen molar-refractivity contribution in [3.05, 3.63) is 64.1 Å². The van der Waals surface area contributed by atoms with Crippen LogP contribution in [0.25, 0.3) is 5.69 Å². The third-order valence-corrected chi connectivity index (χ3v) is 4.57. The number of hydrogen-bond donors (Lipinski definition) is 1. The van der Waals surface area contributed by atoms with Gasteiger partial charge >= 0.3 is 0 Å². The van der Waals surface area contributed by atoms with Gasteiger partial charge in [0.2, 0.25) is 0 Å². The number of nitrogens with zero attached hydrogens (tertiary/aromatic N) is 3. The van der Waals surface area contributed by atoms with Gasteiger partial charge in [-0.05, 0) is 57.2 Å². The fraction of sp³-hybridized carbons (Fsp3) is 0.211. The number of carbonyl (C=O) groups is 1. The Kier molecular flexibility index (Phi) is 4.95. The van der Waals surface area contributed by atoms with Crippen molar-refractivity contribution in [1.29, 1.82) is 0 Å². The zero-order valence-electron chi connectivity index (χ0n) is 15.0. The summed E-state index contributed by atoms with van der Waals surface area (Å²) in [6.45, 7) is 5.61. The summed E-state index contributed by atoms with van der Waals surface area (Å²) in [5.41, 5.74) is 3.75. The largest absolute Gasteiger partial charge is 0.493 e. The van der Waals surface area contributed by atoms with E-state index in [1.165, 1.54) is 7.11 Å². The molecular formula is C19H19ClN4O2. The predicted octanol–water partition coefficient (Wildman–Crippen LogP) is 4.11. The summed E-state index contributed by atoms with van der Waals surface area (Å²) < 4.78 is 6.99. The van der Waals surface area contributed by atoms with E-state index in [-0.39, 0.29) is 5.91 Å². The van der Waals surface area contributed by atoms with Gasteiger partial charge < -0.3 is 10.1 Å². The van der Waals surface area contributed by atoms with Gasteiger partial charge in [0.1, 0.15) is 0 Å². The fourth-order valence-corrected chi connectivity index (χ4v) is 2.72. The van der Waals surface area contributed by atoms with Crippen molar-refractivity contribution in [3.63, 3.8) is 0 Å². The van der Waals surface area contributed by atoms with Crippen LogP contribution in [0.1, 0.15) is 27.4 Å². The summed E-state index contributed by atoms with van der Waals surface area (Å²) >= 11 is 6.20. The first kappa shape index (κ1) is 17.9. The van der Waals surface area contributed by atoms with E-state index in [9.17, 15) is 4.79 Å². The molecule has 2 aromatic heterocycles. The lowest BCUT2D eigenvalue weighted by Gasteiger charge is -2.10. The average molecular weight is 371 g/mol. The first-order chi connectivity index (χ1) is 12.4. The van der Waals surface area contributed by atoms with Crippen molar-refractivity contribution in [2.24, 2.45) is 0 Å². The Morgan fingerprint density at radius 1 is 1.12 bits per heavy atom. The number of ether oxygens (including phenoxy) is 1. The van der Waals surface area contributed by atoms with Gasteiger partial charge in [0, 0.05) is 11.3 Å². The van der Waals surface area contributed by atoms with Crippen molar-refractivity contribution < 1.29 is 9.53 Å². The average Bonchev–Trinajstić information content (AvgIpc) is 2.89. The summed E-state index contributed by atoms with van der Waals surface area (Å²) in [6, 6.07) is 10.7. The number of nitrogens with one attached hydrogen (secondary N) is 1. The summed E-state index contributed by atoms with van der Waals surface area (Å²) in [6.07, 6.45) is 0. The summed E-state index contributed by atoms with van der Waals surface area (Å²) in [4.78, 5) is 16.8. The molecule has 1 aromatic carbocycles. The van der Waals surface area contributed by atoms with Gasteiger partial charge in [-0.25, -0.2) is 9.67 Å². The molecular weight excluding hydrogens is 352 g/mol. The number of aryl methyl sites for hydroxylation is 2. The minimum Gasteiger partial charge on any atom is -0.493 e. The van der Waals surface area contributed by atoms with Crippen LogP contribution < -0.4 is 10.1 Å². The Balaban J connectivity index is 1.83. The molecule has 0 aliphatic heterocycles. The van der Waals surface area contributed by atoms with Gasteiger partial charge in [0.15, 0.2) is 11.6 Å². The fourth-order valence-electron chi connectivity index (χ4n) is 2.61. The van der Waals surface area contributed by atoms with E-state index in [0.717, 1.165) is 22.8 Å². The molecule has 0 atom stereocenters. The van der Waals surface area contributed by atoms with Crippen LogP contribution in [0.5, 0.6) is 5.75 Å². The van der Waals surface area contributed by atoms with Crippen LogP contribution in [0.4, 0.5) is 5.82 Å². The number of pyridine rings is 1. The molecule has 2 heterocycles. The van der Waals surface area contributed by atoms with Crippen molar-refractivity contribution >= 4 is 23.3 Å². The highest BCUT2D eigenvalue weighted by Gasteiger charge is 2.13. The first-order valence-corrected chi connectivity index (χ1v) is 8.43. The summed E-state index contributed by atoms with van der Waals surface area (Å²) in [5, 5.41) is 7.84. The van der Waals surface area contributed by atoms with E-state index < -0.39 is 0 Å². The van der Waals surface area contributed by atoms with E-state index >= 15 is 0 Å². The molecule has 134 valence electrons. The molecule has 0 saturated carbocycles. The SMILES string of the molecule is COc1ccc(C)nc1NC(=O)c1ccc(-n2nc(C)c(Cl)c2C)cc1. The van der Waals surface area contributed by atoms with Gasteiger partial charge in [-0.1, -0.05) is 11.6 Å². The predicted molar refractivity (Wildman–Crippen MR) is 102 cm³/mol. The highest BCUT2D eigenvalue weighted by atomic mass is 35.5. The maximum absolute atomic E-state index is 12.5. The maximum Gasteiger partial charge on any atom is 0.256 e. The summed E-state index contributed by atoms with van der Waals surface area (Å²) in [7, 11) is 1.54. The van der Waals surface area contributed by atoms with Crippen LogP contribution >= 0.6 is 11.6 Å². The number of aromatic nitrogens is 3. The molecule has 7 heteroatoms. The van der Waals surface area contributed by atoms with Gasteiger partial charge in [-0.3, -0.25) is 4.79 Å². The number of benzene rings is 1. The second-order valence-electron chi connectivity index (χ2n) is 5.90. The number of halogens is 1. The van der Waals surface area contributed by atoms with Crippen LogP contribution in [0.3, 0.4) is 0 Å². The molecule has 0 radical (unpaired) electrons. The van der Waals surface area contributed by atoms with E-state index in [1.54, 1.807) is 22.9 Å². The lowest BCUT2D eigenvalue weighted by molar-refractivity contribution is 0.102. The molecule has 1 N–H and O–H groups in total. The lowest BCUT2D eigenvalue weighted by Crippen LogP contribution is -2.14. The molecule has 0 saturated heterocycles. The molecule has 0 aliphatic carbocycles. The standard InChI is InChI=1S/C19H19ClN4O2/c1-11-5-10-16(26-4)18(21-11)22-19(25)14-6-8-15(9-7-14)24-13(3)17(20)12(2)23-24/h5-10H,1-4H3,(H,21,22,25). The van der Waals surface area contributed by atoms with Crippen LogP contribution in [0.15, 0.2) is 36.4 Å². The Labute approximate surface area is 156 Å². The molecule has 0 fully saturated rings. The number of rotatable bonds is 4. The highest BCUT2D eigenvalue weighted by Crippen LogP contribution is 2.24. The number of carbonyl (C=O) groups excluding carboxylic acids is 1. The molecule has 3 rings (SSSR count). The van der Waals surface area contributed by atoms with E-state index in [2.05, 4.69) is 15.4 Å². The Morgan fingerprint density at radius 2 is 1.81 bits per heavy atom. The molecule has 0 spiro atoms. The lowest BCUT2D eigenvalue weighted by atomic mass is 10.2. The molecule has 1 amide bonds. The number of amides is 1. The summed E-state index contributed by atoms with van der Waals surface area (Å²) in [5.74, 6) is 0.643. The highest BCUT2D eigenvalue weighted by molar-refractivity contribution is 6.31. The van der Waals surface area contributed by atoms with Gasteiger partial charge in [0.05, 0.1) is 29.2 Å². The molecule has 26 heavy (non-hydrogen) atoms. The zero-order chi connectivity index (χ0) is 18.8.